The van der Waals surface area contributed by atoms with Gasteiger partial charge in [-0.2, -0.15) is 0 Å². The Morgan fingerprint density at radius 1 is 1.73 bits per heavy atom. The number of rotatable bonds is 5. The van der Waals surface area contributed by atoms with Crippen molar-refractivity contribution < 1.29 is 9.00 Å². The van der Waals surface area contributed by atoms with E-state index in [2.05, 4.69) is 10.6 Å². The minimum Gasteiger partial charge on any atom is -0.352 e. The van der Waals surface area contributed by atoms with Crippen molar-refractivity contribution in [3.63, 3.8) is 0 Å². The summed E-state index contributed by atoms with van der Waals surface area (Å²) in [7, 11) is -0.774. The Balaban J connectivity index is 2.21. The van der Waals surface area contributed by atoms with Crippen LogP contribution in [-0.2, 0) is 15.6 Å². The first-order chi connectivity index (χ1) is 7.09. The van der Waals surface area contributed by atoms with Crippen LogP contribution in [0.25, 0.3) is 0 Å². The zero-order chi connectivity index (χ0) is 11.3. The molecule has 15 heavy (non-hydrogen) atoms. The van der Waals surface area contributed by atoms with Gasteiger partial charge in [0.2, 0.25) is 5.91 Å². The summed E-state index contributed by atoms with van der Waals surface area (Å²) in [6.07, 6.45) is 2.46. The fraction of sp³-hybridized carbons (Fsp3) is 0.889. The molecule has 1 amide bonds. The van der Waals surface area contributed by atoms with Gasteiger partial charge in [0.1, 0.15) is 0 Å². The predicted octanol–water partition coefficient (Wildman–Crippen LogP) is -0.0778. The third kappa shape index (κ3) is 4.99. The van der Waals surface area contributed by atoms with Crippen molar-refractivity contribution in [3.8, 4) is 0 Å². The number of hydrogen-bond acceptors (Lipinski definition) is 4. The van der Waals surface area contributed by atoms with Crippen molar-refractivity contribution in [2.75, 3.05) is 23.6 Å². The molecule has 4 nitrogen and oxygen atoms in total. The summed E-state index contributed by atoms with van der Waals surface area (Å²) in [5, 5.41) is 6.05. The second-order valence-corrected chi connectivity index (χ2v) is 6.33. The van der Waals surface area contributed by atoms with E-state index in [0.717, 1.165) is 18.1 Å². The number of thioether (sulfide) groups is 1. The predicted molar refractivity (Wildman–Crippen MR) is 65.4 cm³/mol. The van der Waals surface area contributed by atoms with Crippen molar-refractivity contribution in [1.82, 2.24) is 10.6 Å². The summed E-state index contributed by atoms with van der Waals surface area (Å²) in [5.41, 5.74) is 0. The van der Waals surface area contributed by atoms with Crippen molar-refractivity contribution in [2.45, 2.75) is 25.4 Å². The Kier molecular flexibility index (Phi) is 5.63. The van der Waals surface area contributed by atoms with Gasteiger partial charge in [0.05, 0.1) is 6.04 Å². The monoisotopic (exact) mass is 250 g/mol. The molecule has 0 bridgehead atoms. The van der Waals surface area contributed by atoms with E-state index in [4.69, 9.17) is 0 Å². The highest BCUT2D eigenvalue weighted by atomic mass is 32.2. The van der Waals surface area contributed by atoms with E-state index >= 15 is 0 Å². The van der Waals surface area contributed by atoms with Crippen molar-refractivity contribution >= 4 is 28.5 Å². The van der Waals surface area contributed by atoms with E-state index in [0.29, 0.717) is 5.75 Å². The molecule has 1 aliphatic heterocycles. The van der Waals surface area contributed by atoms with Crippen LogP contribution >= 0.6 is 11.8 Å². The van der Waals surface area contributed by atoms with Crippen LogP contribution < -0.4 is 10.6 Å². The van der Waals surface area contributed by atoms with Crippen molar-refractivity contribution in [3.05, 3.63) is 0 Å². The maximum Gasteiger partial charge on any atom is 0.238 e. The number of carbonyl (C=O) groups is 1. The molecule has 0 aromatic rings. The van der Waals surface area contributed by atoms with Gasteiger partial charge in [-0.05, 0) is 13.3 Å². The van der Waals surface area contributed by atoms with Gasteiger partial charge in [0.25, 0.3) is 0 Å². The second kappa shape index (κ2) is 6.50. The molecule has 0 aromatic carbocycles. The van der Waals surface area contributed by atoms with Crippen LogP contribution in [0.15, 0.2) is 0 Å². The van der Waals surface area contributed by atoms with Crippen LogP contribution in [-0.4, -0.2) is 45.8 Å². The fourth-order valence-corrected chi connectivity index (χ4v) is 2.95. The smallest absolute Gasteiger partial charge is 0.238 e. The SMILES string of the molecule is CC(CCS(C)=O)NC(=O)C1CSCN1. The van der Waals surface area contributed by atoms with Gasteiger partial charge >= 0.3 is 0 Å². The zero-order valence-electron chi connectivity index (χ0n) is 9.12. The van der Waals surface area contributed by atoms with Gasteiger partial charge in [-0.3, -0.25) is 14.3 Å². The quantitative estimate of drug-likeness (QED) is 0.717. The van der Waals surface area contributed by atoms with Gasteiger partial charge in [-0.1, -0.05) is 0 Å². The van der Waals surface area contributed by atoms with Crippen LogP contribution in [0.4, 0.5) is 0 Å². The molecule has 3 unspecified atom stereocenters. The Morgan fingerprint density at radius 2 is 2.47 bits per heavy atom. The molecule has 0 aromatic heterocycles. The van der Waals surface area contributed by atoms with E-state index in [1.807, 2.05) is 6.92 Å². The molecular formula is C9H18N2O2S2. The summed E-state index contributed by atoms with van der Waals surface area (Å²) in [6, 6.07) is 0.0540. The number of hydrogen-bond donors (Lipinski definition) is 2. The molecule has 0 radical (unpaired) electrons. The minimum absolute atomic E-state index is 0.0513. The molecule has 3 atom stereocenters. The van der Waals surface area contributed by atoms with Gasteiger partial charge in [0, 0.05) is 40.5 Å². The Hall–Kier alpha value is -0.0700. The lowest BCUT2D eigenvalue weighted by molar-refractivity contribution is -0.123. The lowest BCUT2D eigenvalue weighted by Gasteiger charge is -2.16. The lowest BCUT2D eigenvalue weighted by Crippen LogP contribution is -2.45. The zero-order valence-corrected chi connectivity index (χ0v) is 10.7. The highest BCUT2D eigenvalue weighted by Gasteiger charge is 2.23. The second-order valence-electron chi connectivity index (χ2n) is 3.75. The van der Waals surface area contributed by atoms with Crippen LogP contribution in [0.5, 0.6) is 0 Å². The minimum atomic E-state index is -0.774. The third-order valence-corrected chi connectivity index (χ3v) is 4.01. The van der Waals surface area contributed by atoms with Gasteiger partial charge in [-0.25, -0.2) is 0 Å². The fourth-order valence-electron chi connectivity index (χ4n) is 1.32. The molecule has 1 saturated heterocycles. The Labute approximate surface area is 97.4 Å². The van der Waals surface area contributed by atoms with Crippen LogP contribution in [0.3, 0.4) is 0 Å². The normalized spacial score (nSPS) is 24.8. The van der Waals surface area contributed by atoms with Gasteiger partial charge in [0.15, 0.2) is 0 Å². The maximum atomic E-state index is 11.6. The maximum absolute atomic E-state index is 11.6. The molecule has 1 aliphatic rings. The van der Waals surface area contributed by atoms with Crippen molar-refractivity contribution in [2.24, 2.45) is 0 Å². The molecule has 88 valence electrons. The van der Waals surface area contributed by atoms with Crippen LogP contribution in [0, 0.1) is 0 Å². The van der Waals surface area contributed by atoms with Gasteiger partial charge in [-0.15, -0.1) is 11.8 Å². The Bertz CT molecular complexity index is 242. The Morgan fingerprint density at radius 3 is 3.00 bits per heavy atom. The first kappa shape index (κ1) is 13.0. The number of amides is 1. The summed E-state index contributed by atoms with van der Waals surface area (Å²) in [4.78, 5) is 11.6. The molecular weight excluding hydrogens is 232 g/mol. The van der Waals surface area contributed by atoms with Gasteiger partial charge < -0.3 is 5.32 Å². The number of nitrogens with one attached hydrogen (secondary N) is 2. The third-order valence-electron chi connectivity index (χ3n) is 2.26. The lowest BCUT2D eigenvalue weighted by atomic mass is 10.2. The van der Waals surface area contributed by atoms with E-state index < -0.39 is 10.8 Å². The largest absolute Gasteiger partial charge is 0.352 e. The molecule has 6 heteroatoms. The average molecular weight is 250 g/mol. The highest BCUT2D eigenvalue weighted by Crippen LogP contribution is 2.09. The van der Waals surface area contributed by atoms with E-state index in [1.165, 1.54) is 0 Å². The average Bonchev–Trinajstić information content (AvgIpc) is 2.67. The van der Waals surface area contributed by atoms with E-state index in [1.54, 1.807) is 18.0 Å². The summed E-state index contributed by atoms with van der Waals surface area (Å²) >= 11 is 1.74. The molecule has 1 rings (SSSR count). The first-order valence-electron chi connectivity index (χ1n) is 5.01. The van der Waals surface area contributed by atoms with Crippen LogP contribution in [0.2, 0.25) is 0 Å². The van der Waals surface area contributed by atoms with E-state index in [-0.39, 0.29) is 18.0 Å². The summed E-state index contributed by atoms with van der Waals surface area (Å²) < 4.78 is 10.9. The standard InChI is InChI=1S/C9H18N2O2S2/c1-7(3-4-15(2)13)11-9(12)8-5-14-6-10-8/h7-8,10H,3-6H2,1-2H3,(H,11,12). The number of carbonyl (C=O) groups excluding carboxylic acids is 1. The first-order valence-corrected chi connectivity index (χ1v) is 7.89. The molecule has 0 spiro atoms. The highest BCUT2D eigenvalue weighted by molar-refractivity contribution is 7.99. The molecule has 1 fully saturated rings. The van der Waals surface area contributed by atoms with Crippen LogP contribution in [0.1, 0.15) is 13.3 Å². The van der Waals surface area contributed by atoms with E-state index in [9.17, 15) is 9.00 Å². The molecule has 2 N–H and O–H groups in total. The van der Waals surface area contributed by atoms with Crippen molar-refractivity contribution in [1.29, 1.82) is 0 Å². The topological polar surface area (TPSA) is 58.2 Å². The summed E-state index contributed by atoms with van der Waals surface area (Å²) in [6.45, 7) is 1.95. The molecule has 1 heterocycles. The molecule has 0 aliphatic carbocycles. The summed E-state index contributed by atoms with van der Waals surface area (Å²) in [5.74, 6) is 2.41. The molecule has 0 saturated carbocycles.